The molecule has 2 N–H and O–H groups in total. The lowest BCUT2D eigenvalue weighted by Gasteiger charge is -2.45. The largest absolute Gasteiger partial charge is 0.465 e. The number of nitrogens with zero attached hydrogens (tertiary/aromatic N) is 4. The van der Waals surface area contributed by atoms with Gasteiger partial charge in [0.25, 0.3) is 0 Å². The average Bonchev–Trinajstić information content (AvgIpc) is 3.13. The second-order valence-electron chi connectivity index (χ2n) is 8.19. The molecule has 0 radical (unpaired) electrons. The molecule has 0 bridgehead atoms. The van der Waals surface area contributed by atoms with E-state index in [-0.39, 0.29) is 28.6 Å². The quantitative estimate of drug-likeness (QED) is 0.476. The number of halogens is 3. The molecule has 8 nitrogen and oxygen atoms in total. The number of amides is 1. The molecule has 1 amide bonds. The van der Waals surface area contributed by atoms with Crippen LogP contribution in [0.5, 0.6) is 6.01 Å². The number of likely N-dealkylation sites (N-methyl/N-ethyl adjacent to an activating group) is 1. The maximum atomic E-state index is 15.0. The van der Waals surface area contributed by atoms with E-state index >= 15 is 4.39 Å². The van der Waals surface area contributed by atoms with Crippen LogP contribution in [0.3, 0.4) is 0 Å². The van der Waals surface area contributed by atoms with E-state index in [1.165, 1.54) is 0 Å². The number of fused-ring (bicyclic) bond motifs is 1. The number of nitrogens with one attached hydrogen (secondary N) is 1. The van der Waals surface area contributed by atoms with Crippen LogP contribution >= 0.6 is 27.5 Å². The van der Waals surface area contributed by atoms with Crippen molar-refractivity contribution in [2.75, 3.05) is 33.3 Å². The maximum absolute atomic E-state index is 15.0. The summed E-state index contributed by atoms with van der Waals surface area (Å²) in [6.45, 7) is 3.64. The van der Waals surface area contributed by atoms with Crippen LogP contribution in [0.1, 0.15) is 25.5 Å². The number of carboxylic acid groups (broad SMARTS) is 1. The summed E-state index contributed by atoms with van der Waals surface area (Å²) in [5.41, 5.74) is -1.55. The SMILES string of the molecule is CN1CCC[C@H]1COc1nc(C2(C)CNCC(Cl)N2C(=O)O)c2ccc(Br)c(F)c2n1. The first-order valence-electron chi connectivity index (χ1n) is 10.1. The van der Waals surface area contributed by atoms with Crippen molar-refractivity contribution in [1.29, 1.82) is 0 Å². The molecule has 1 aromatic carbocycles. The molecule has 2 saturated heterocycles. The van der Waals surface area contributed by atoms with Gasteiger partial charge in [0.05, 0.1) is 10.2 Å². The van der Waals surface area contributed by atoms with Crippen molar-refractivity contribution in [2.24, 2.45) is 0 Å². The van der Waals surface area contributed by atoms with Gasteiger partial charge in [0.15, 0.2) is 5.82 Å². The number of ether oxygens (including phenoxy) is 1. The van der Waals surface area contributed by atoms with E-state index in [9.17, 15) is 9.90 Å². The van der Waals surface area contributed by atoms with Gasteiger partial charge in [-0.3, -0.25) is 4.90 Å². The molecule has 1 aromatic heterocycles. The zero-order chi connectivity index (χ0) is 22.3. The predicted octanol–water partition coefficient (Wildman–Crippen LogP) is 3.37. The number of aromatic nitrogens is 2. The number of benzene rings is 1. The molecule has 2 unspecified atom stereocenters. The zero-order valence-corrected chi connectivity index (χ0v) is 19.6. The van der Waals surface area contributed by atoms with E-state index in [1.54, 1.807) is 19.1 Å². The molecular weight excluding hydrogens is 493 g/mol. The summed E-state index contributed by atoms with van der Waals surface area (Å²) in [6, 6.07) is 3.48. The van der Waals surface area contributed by atoms with Crippen LogP contribution in [0.25, 0.3) is 10.9 Å². The standard InChI is InChI=1S/C20H24BrClFN5O3/c1-20(10-24-8-14(22)28(20)19(29)30)17-12-5-6-13(21)15(23)16(12)25-18(26-17)31-9-11-4-3-7-27(11)2/h5-6,11,14,24H,3-4,7-10H2,1-2H3,(H,29,30)/t11-,14?,20?/m0/s1. The molecular formula is C20H24BrClFN5O3. The normalized spacial score (nSPS) is 27.1. The van der Waals surface area contributed by atoms with Crippen LogP contribution in [-0.2, 0) is 5.54 Å². The van der Waals surface area contributed by atoms with E-state index in [0.29, 0.717) is 24.2 Å². The van der Waals surface area contributed by atoms with Gasteiger partial charge in [-0.25, -0.2) is 9.18 Å². The minimum Gasteiger partial charge on any atom is -0.465 e. The molecule has 2 aliphatic rings. The fraction of sp³-hybridized carbons (Fsp3) is 0.550. The van der Waals surface area contributed by atoms with Crippen molar-refractivity contribution in [3.63, 3.8) is 0 Å². The molecule has 11 heteroatoms. The lowest BCUT2D eigenvalue weighted by molar-refractivity contribution is 0.0509. The first kappa shape index (κ1) is 22.4. The highest BCUT2D eigenvalue weighted by Crippen LogP contribution is 2.38. The van der Waals surface area contributed by atoms with Gasteiger partial charge in [-0.05, 0) is 61.4 Å². The van der Waals surface area contributed by atoms with Crippen molar-refractivity contribution >= 4 is 44.5 Å². The number of rotatable bonds is 4. The van der Waals surface area contributed by atoms with Crippen molar-refractivity contribution < 1.29 is 19.0 Å². The summed E-state index contributed by atoms with van der Waals surface area (Å²) in [4.78, 5) is 24.3. The van der Waals surface area contributed by atoms with Gasteiger partial charge in [0.2, 0.25) is 0 Å². The van der Waals surface area contributed by atoms with Crippen molar-refractivity contribution in [2.45, 2.75) is 36.8 Å². The molecule has 2 aliphatic heterocycles. The summed E-state index contributed by atoms with van der Waals surface area (Å²) in [5.74, 6) is -0.555. The highest BCUT2D eigenvalue weighted by Gasteiger charge is 2.46. The molecule has 3 atom stereocenters. The van der Waals surface area contributed by atoms with Crippen LogP contribution in [0.2, 0.25) is 0 Å². The minimum absolute atomic E-state index is 0.0167. The molecule has 3 heterocycles. The van der Waals surface area contributed by atoms with Gasteiger partial charge in [0, 0.05) is 24.5 Å². The number of alkyl halides is 1. The number of hydrogen-bond donors (Lipinski definition) is 2. The highest BCUT2D eigenvalue weighted by molar-refractivity contribution is 9.10. The van der Waals surface area contributed by atoms with Crippen molar-refractivity contribution in [3.05, 3.63) is 28.1 Å². The lowest BCUT2D eigenvalue weighted by Crippen LogP contribution is -2.62. The van der Waals surface area contributed by atoms with Gasteiger partial charge in [-0.15, -0.1) is 0 Å². The first-order valence-corrected chi connectivity index (χ1v) is 11.3. The van der Waals surface area contributed by atoms with Gasteiger partial charge < -0.3 is 20.1 Å². The van der Waals surface area contributed by atoms with Crippen LogP contribution in [-0.4, -0.2) is 75.8 Å². The Bertz CT molecular complexity index is 1010. The van der Waals surface area contributed by atoms with Crippen LogP contribution < -0.4 is 10.1 Å². The summed E-state index contributed by atoms with van der Waals surface area (Å²) in [5, 5.41) is 13.4. The number of piperazine rings is 1. The van der Waals surface area contributed by atoms with Gasteiger partial charge >= 0.3 is 12.1 Å². The molecule has 2 fully saturated rings. The Morgan fingerprint density at radius 1 is 1.48 bits per heavy atom. The average molecular weight is 517 g/mol. The zero-order valence-electron chi connectivity index (χ0n) is 17.2. The molecule has 168 valence electrons. The molecule has 0 saturated carbocycles. The molecule has 4 rings (SSSR count). The second kappa shape index (κ2) is 8.65. The topological polar surface area (TPSA) is 90.8 Å². The number of carbonyl (C=O) groups is 1. The number of likely N-dealkylation sites (tertiary alicyclic amines) is 1. The van der Waals surface area contributed by atoms with Gasteiger partial charge in [-0.2, -0.15) is 9.97 Å². The Labute approximate surface area is 192 Å². The fourth-order valence-electron chi connectivity index (χ4n) is 4.40. The Morgan fingerprint density at radius 2 is 2.26 bits per heavy atom. The lowest BCUT2D eigenvalue weighted by atomic mass is 9.90. The third-order valence-electron chi connectivity index (χ3n) is 6.13. The fourth-order valence-corrected chi connectivity index (χ4v) is 5.13. The molecule has 0 spiro atoms. The summed E-state index contributed by atoms with van der Waals surface area (Å²) < 4.78 is 21.2. The Kier molecular flexibility index (Phi) is 6.26. The van der Waals surface area contributed by atoms with E-state index in [2.05, 4.69) is 36.1 Å². The van der Waals surface area contributed by atoms with E-state index in [0.717, 1.165) is 24.3 Å². The monoisotopic (exact) mass is 515 g/mol. The Hall–Kier alpha value is -1.75. The highest BCUT2D eigenvalue weighted by atomic mass is 79.9. The van der Waals surface area contributed by atoms with Crippen molar-refractivity contribution in [3.8, 4) is 6.01 Å². The van der Waals surface area contributed by atoms with E-state index in [1.807, 2.05) is 7.05 Å². The number of hydrogen-bond acceptors (Lipinski definition) is 6. The molecule has 2 aromatic rings. The predicted molar refractivity (Wildman–Crippen MR) is 118 cm³/mol. The van der Waals surface area contributed by atoms with Crippen LogP contribution in [0.15, 0.2) is 16.6 Å². The van der Waals surface area contributed by atoms with E-state index < -0.39 is 23.0 Å². The van der Waals surface area contributed by atoms with Crippen LogP contribution in [0.4, 0.5) is 9.18 Å². The Morgan fingerprint density at radius 3 is 2.94 bits per heavy atom. The van der Waals surface area contributed by atoms with E-state index in [4.69, 9.17) is 16.3 Å². The third kappa shape index (κ3) is 4.06. The minimum atomic E-state index is -1.18. The van der Waals surface area contributed by atoms with Gasteiger partial charge in [0.1, 0.15) is 23.2 Å². The first-order chi connectivity index (χ1) is 14.7. The Balaban J connectivity index is 1.82. The smallest absolute Gasteiger partial charge is 0.409 e. The van der Waals surface area contributed by atoms with Gasteiger partial charge in [-0.1, -0.05) is 11.6 Å². The molecule has 0 aliphatic carbocycles. The summed E-state index contributed by atoms with van der Waals surface area (Å²) >= 11 is 9.54. The third-order valence-corrected chi connectivity index (χ3v) is 7.09. The summed E-state index contributed by atoms with van der Waals surface area (Å²) in [6.07, 6.45) is 0.909. The molecule has 31 heavy (non-hydrogen) atoms. The second-order valence-corrected chi connectivity index (χ2v) is 9.55. The summed E-state index contributed by atoms with van der Waals surface area (Å²) in [7, 11) is 2.03. The van der Waals surface area contributed by atoms with Crippen molar-refractivity contribution in [1.82, 2.24) is 25.1 Å². The maximum Gasteiger partial charge on any atom is 0.409 e. The van der Waals surface area contributed by atoms with Crippen LogP contribution in [0, 0.1) is 5.82 Å².